The van der Waals surface area contributed by atoms with E-state index in [-0.39, 0.29) is 11.4 Å². The van der Waals surface area contributed by atoms with Crippen LogP contribution in [0.25, 0.3) is 0 Å². The van der Waals surface area contributed by atoms with Gasteiger partial charge in [0.1, 0.15) is 5.82 Å². The molecule has 1 aromatic rings. The number of hydrogen-bond donors (Lipinski definition) is 1. The highest BCUT2D eigenvalue weighted by atomic mass is 32.2. The second kappa shape index (κ2) is 5.31. The van der Waals surface area contributed by atoms with Gasteiger partial charge < -0.3 is 5.32 Å². The quantitative estimate of drug-likeness (QED) is 0.886. The number of benzene rings is 1. The van der Waals surface area contributed by atoms with E-state index in [9.17, 15) is 4.39 Å². The normalized spacial score (nSPS) is 17.7. The first-order chi connectivity index (χ1) is 8.60. The molecular weight excluding hydrogens is 247 g/mol. The van der Waals surface area contributed by atoms with Crippen LogP contribution in [0.1, 0.15) is 32.3 Å². The maximum atomic E-state index is 13.5. The average molecular weight is 266 g/mol. The van der Waals surface area contributed by atoms with E-state index in [1.54, 1.807) is 24.8 Å². The predicted octanol–water partition coefficient (Wildman–Crippen LogP) is 4.21. The molecule has 0 aromatic heterocycles. The third-order valence-electron chi connectivity index (χ3n) is 3.64. The number of halogens is 1. The van der Waals surface area contributed by atoms with Gasteiger partial charge in [-0.15, -0.1) is 0 Å². The molecule has 0 saturated heterocycles. The number of hydrogen-bond acceptors (Lipinski definition) is 3. The maximum absolute atomic E-state index is 13.5. The van der Waals surface area contributed by atoms with Gasteiger partial charge in [0.05, 0.1) is 5.54 Å². The van der Waals surface area contributed by atoms with Crippen LogP contribution >= 0.6 is 11.8 Å². The van der Waals surface area contributed by atoms with Crippen molar-refractivity contribution in [3.8, 4) is 0 Å². The topological polar surface area (TPSA) is 24.4 Å². The van der Waals surface area contributed by atoms with Crippen LogP contribution in [0.4, 0.5) is 10.1 Å². The smallest absolute Gasteiger partial charge is 0.161 e. The summed E-state index contributed by atoms with van der Waals surface area (Å²) >= 11 is 1.72. The zero-order chi connectivity index (χ0) is 13.2. The minimum atomic E-state index is -0.180. The zero-order valence-electron chi connectivity index (χ0n) is 11.1. The number of amidine groups is 1. The molecule has 1 aliphatic heterocycles. The lowest BCUT2D eigenvalue weighted by atomic mass is 9.97. The molecule has 0 atom stereocenters. The standard InChI is InChI=1S/C14H19FN2S/c1-4-14(5-2)9-18-13(17-14)16-12-8-6-7-11(15)10(12)3/h6-8H,4-5,9H2,1-3H3,(H,16,17). The van der Waals surface area contributed by atoms with Crippen LogP contribution in [0.2, 0.25) is 0 Å². The lowest BCUT2D eigenvalue weighted by molar-refractivity contribution is 0.456. The molecule has 1 aromatic carbocycles. The summed E-state index contributed by atoms with van der Waals surface area (Å²) in [5, 5.41) is 4.16. The van der Waals surface area contributed by atoms with E-state index in [1.165, 1.54) is 6.07 Å². The number of anilines is 1. The Bertz CT molecular complexity index is 467. The number of nitrogens with zero attached hydrogens (tertiary/aromatic N) is 1. The van der Waals surface area contributed by atoms with Crippen LogP contribution in [0.5, 0.6) is 0 Å². The fraction of sp³-hybridized carbons (Fsp3) is 0.500. The Morgan fingerprint density at radius 2 is 2.11 bits per heavy atom. The second-order valence-corrected chi connectivity index (χ2v) is 5.64. The minimum Gasteiger partial charge on any atom is -0.335 e. The third-order valence-corrected chi connectivity index (χ3v) is 4.79. The van der Waals surface area contributed by atoms with E-state index in [1.807, 2.05) is 6.07 Å². The van der Waals surface area contributed by atoms with Gasteiger partial charge in [0.25, 0.3) is 0 Å². The summed E-state index contributed by atoms with van der Waals surface area (Å²) in [4.78, 5) is 4.77. The lowest BCUT2D eigenvalue weighted by Crippen LogP contribution is -2.24. The molecule has 0 bridgehead atoms. The molecule has 98 valence electrons. The monoisotopic (exact) mass is 266 g/mol. The van der Waals surface area contributed by atoms with Crippen LogP contribution in [0.15, 0.2) is 23.2 Å². The van der Waals surface area contributed by atoms with Gasteiger partial charge in [-0.3, -0.25) is 4.99 Å². The fourth-order valence-corrected chi connectivity index (χ4v) is 3.34. The Morgan fingerprint density at radius 3 is 2.72 bits per heavy atom. The molecule has 0 aliphatic carbocycles. The average Bonchev–Trinajstić information content (AvgIpc) is 2.79. The van der Waals surface area contributed by atoms with Crippen molar-refractivity contribution in [2.45, 2.75) is 39.2 Å². The molecule has 1 N–H and O–H groups in total. The molecule has 0 spiro atoms. The van der Waals surface area contributed by atoms with E-state index in [2.05, 4.69) is 19.2 Å². The molecule has 4 heteroatoms. The molecule has 0 amide bonds. The van der Waals surface area contributed by atoms with E-state index in [0.717, 1.165) is 29.4 Å². The van der Waals surface area contributed by atoms with Crippen molar-refractivity contribution < 1.29 is 4.39 Å². The summed E-state index contributed by atoms with van der Waals surface area (Å²) in [5.41, 5.74) is 1.52. The van der Waals surface area contributed by atoms with Crippen LogP contribution in [-0.4, -0.2) is 16.5 Å². The highest BCUT2D eigenvalue weighted by Gasteiger charge is 2.32. The molecule has 0 radical (unpaired) electrons. The van der Waals surface area contributed by atoms with Crippen LogP contribution in [0, 0.1) is 12.7 Å². The Balaban J connectivity index is 2.18. The summed E-state index contributed by atoms with van der Waals surface area (Å²) < 4.78 is 13.5. The highest BCUT2D eigenvalue weighted by molar-refractivity contribution is 8.14. The molecule has 2 nitrogen and oxygen atoms in total. The first-order valence-corrected chi connectivity index (χ1v) is 7.33. The summed E-state index contributed by atoms with van der Waals surface area (Å²) in [7, 11) is 0. The van der Waals surface area contributed by atoms with Crippen LogP contribution in [-0.2, 0) is 0 Å². The van der Waals surface area contributed by atoms with Gasteiger partial charge in [-0.05, 0) is 31.9 Å². The van der Waals surface area contributed by atoms with Crippen molar-refractivity contribution >= 4 is 22.6 Å². The Kier molecular flexibility index (Phi) is 3.95. The van der Waals surface area contributed by atoms with Crippen LogP contribution in [0.3, 0.4) is 0 Å². The van der Waals surface area contributed by atoms with E-state index < -0.39 is 0 Å². The second-order valence-electron chi connectivity index (χ2n) is 4.67. The third kappa shape index (κ3) is 2.53. The Hall–Kier alpha value is -1.03. The van der Waals surface area contributed by atoms with Crippen molar-refractivity contribution in [3.05, 3.63) is 29.6 Å². The maximum Gasteiger partial charge on any atom is 0.161 e. The van der Waals surface area contributed by atoms with Gasteiger partial charge in [-0.1, -0.05) is 31.7 Å². The first kappa shape index (κ1) is 13.4. The fourth-order valence-electron chi connectivity index (χ4n) is 2.02. The number of thioether (sulfide) groups is 1. The molecule has 2 rings (SSSR count). The molecule has 0 fully saturated rings. The number of rotatable bonds is 3. The van der Waals surface area contributed by atoms with Gasteiger partial charge in [-0.25, -0.2) is 4.39 Å². The van der Waals surface area contributed by atoms with Crippen molar-refractivity contribution in [1.29, 1.82) is 0 Å². The number of aliphatic imine (C=N–C) groups is 1. The summed E-state index contributed by atoms with van der Waals surface area (Å²) in [6.45, 7) is 6.12. The van der Waals surface area contributed by atoms with E-state index in [0.29, 0.717) is 5.56 Å². The van der Waals surface area contributed by atoms with Gasteiger partial charge >= 0.3 is 0 Å². The van der Waals surface area contributed by atoms with E-state index in [4.69, 9.17) is 4.99 Å². The largest absolute Gasteiger partial charge is 0.335 e. The molecule has 0 unspecified atom stereocenters. The molecule has 0 saturated carbocycles. The first-order valence-electron chi connectivity index (χ1n) is 6.35. The van der Waals surface area contributed by atoms with Crippen molar-refractivity contribution in [2.75, 3.05) is 11.1 Å². The van der Waals surface area contributed by atoms with Gasteiger partial charge in [0.2, 0.25) is 0 Å². The van der Waals surface area contributed by atoms with Crippen molar-refractivity contribution in [3.63, 3.8) is 0 Å². The Labute approximate surface area is 112 Å². The minimum absolute atomic E-state index is 0.0637. The SMILES string of the molecule is CCC1(CC)CSC(Nc2cccc(F)c2C)=N1. The molecule has 18 heavy (non-hydrogen) atoms. The van der Waals surface area contributed by atoms with Crippen molar-refractivity contribution in [1.82, 2.24) is 0 Å². The van der Waals surface area contributed by atoms with Gasteiger partial charge in [0, 0.05) is 17.0 Å². The Morgan fingerprint density at radius 1 is 1.39 bits per heavy atom. The summed E-state index contributed by atoms with van der Waals surface area (Å²) in [5.74, 6) is 0.831. The lowest BCUT2D eigenvalue weighted by Gasteiger charge is -2.20. The van der Waals surface area contributed by atoms with Crippen molar-refractivity contribution in [2.24, 2.45) is 4.99 Å². The summed E-state index contributed by atoms with van der Waals surface area (Å²) in [6, 6.07) is 5.09. The molecule has 1 heterocycles. The predicted molar refractivity (Wildman–Crippen MR) is 78.0 cm³/mol. The summed E-state index contributed by atoms with van der Waals surface area (Å²) in [6.07, 6.45) is 2.09. The molecular formula is C14H19FN2S. The zero-order valence-corrected chi connectivity index (χ0v) is 11.9. The molecule has 1 aliphatic rings. The highest BCUT2D eigenvalue weighted by Crippen LogP contribution is 2.34. The van der Waals surface area contributed by atoms with Crippen LogP contribution < -0.4 is 5.32 Å². The number of nitrogens with one attached hydrogen (secondary N) is 1. The van der Waals surface area contributed by atoms with Gasteiger partial charge in [0.15, 0.2) is 5.17 Å². The van der Waals surface area contributed by atoms with Gasteiger partial charge in [-0.2, -0.15) is 0 Å². The van der Waals surface area contributed by atoms with E-state index >= 15 is 0 Å².